The molecular weight excluding hydrogens is 333 g/mol. The van der Waals surface area contributed by atoms with E-state index in [1.54, 1.807) is 0 Å². The molecule has 0 saturated carbocycles. The average Bonchev–Trinajstić information content (AvgIpc) is 2.44. The highest BCUT2D eigenvalue weighted by Gasteiger charge is 2.17. The number of benzene rings is 2. The molecule has 1 aliphatic carbocycles. The fraction of sp³-hybridized carbons (Fsp3) is 0.294. The number of nitrogens with two attached hydrogens (primary N) is 1. The van der Waals surface area contributed by atoms with Gasteiger partial charge in [-0.3, -0.25) is 0 Å². The summed E-state index contributed by atoms with van der Waals surface area (Å²) in [4.78, 5) is 0. The molecule has 2 aromatic rings. The van der Waals surface area contributed by atoms with E-state index in [1.165, 1.54) is 23.3 Å². The Morgan fingerprint density at radius 3 is 2.90 bits per heavy atom. The molecule has 0 heterocycles. The van der Waals surface area contributed by atoms with Crippen LogP contribution in [0.15, 0.2) is 40.9 Å². The van der Waals surface area contributed by atoms with E-state index in [9.17, 15) is 4.39 Å². The zero-order valence-electron chi connectivity index (χ0n) is 11.6. The van der Waals surface area contributed by atoms with Gasteiger partial charge in [-0.15, -0.1) is 0 Å². The Morgan fingerprint density at radius 1 is 1.24 bits per heavy atom. The van der Waals surface area contributed by atoms with Crippen molar-refractivity contribution in [3.63, 3.8) is 0 Å². The van der Waals surface area contributed by atoms with E-state index in [2.05, 4.69) is 28.1 Å². The summed E-state index contributed by atoms with van der Waals surface area (Å²) in [5, 5.41) is 0. The summed E-state index contributed by atoms with van der Waals surface area (Å²) in [7, 11) is 0. The lowest BCUT2D eigenvalue weighted by atomic mass is 9.88. The van der Waals surface area contributed by atoms with Crippen LogP contribution < -0.4 is 10.5 Å². The highest BCUT2D eigenvalue weighted by atomic mass is 79.9. The summed E-state index contributed by atoms with van der Waals surface area (Å²) in [6.45, 7) is 0.348. The van der Waals surface area contributed by atoms with Crippen molar-refractivity contribution >= 4 is 15.9 Å². The van der Waals surface area contributed by atoms with Crippen molar-refractivity contribution in [1.82, 2.24) is 0 Å². The molecule has 1 unspecified atom stereocenters. The van der Waals surface area contributed by atoms with E-state index >= 15 is 0 Å². The molecule has 0 aliphatic heterocycles. The number of hydrogen-bond acceptors (Lipinski definition) is 2. The first-order valence-electron chi connectivity index (χ1n) is 7.08. The molecule has 4 heteroatoms. The Hall–Kier alpha value is -1.39. The van der Waals surface area contributed by atoms with E-state index in [0.29, 0.717) is 6.61 Å². The molecule has 1 aliphatic rings. The number of ether oxygens (including phenoxy) is 1. The van der Waals surface area contributed by atoms with Gasteiger partial charge in [0.25, 0.3) is 0 Å². The molecular formula is C17H17BrFNO. The summed E-state index contributed by atoms with van der Waals surface area (Å²) < 4.78 is 19.8. The lowest BCUT2D eigenvalue weighted by Crippen LogP contribution is -2.17. The van der Waals surface area contributed by atoms with Gasteiger partial charge in [0.2, 0.25) is 0 Å². The van der Waals surface area contributed by atoms with Gasteiger partial charge < -0.3 is 10.5 Å². The van der Waals surface area contributed by atoms with Gasteiger partial charge in [-0.1, -0.05) is 22.0 Å². The Kier molecular flexibility index (Phi) is 4.27. The van der Waals surface area contributed by atoms with E-state index in [4.69, 9.17) is 10.5 Å². The van der Waals surface area contributed by atoms with Crippen LogP contribution in [0.25, 0.3) is 0 Å². The maximum absolute atomic E-state index is 13.3. The predicted molar refractivity (Wildman–Crippen MR) is 84.7 cm³/mol. The van der Waals surface area contributed by atoms with Gasteiger partial charge in [0.15, 0.2) is 0 Å². The molecule has 0 saturated heterocycles. The van der Waals surface area contributed by atoms with Crippen molar-refractivity contribution in [2.24, 2.45) is 5.73 Å². The van der Waals surface area contributed by atoms with Crippen LogP contribution in [0.3, 0.4) is 0 Å². The second kappa shape index (κ2) is 6.16. The van der Waals surface area contributed by atoms with E-state index < -0.39 is 0 Å². The normalized spacial score (nSPS) is 17.4. The minimum Gasteiger partial charge on any atom is -0.489 e. The first-order chi connectivity index (χ1) is 10.1. The van der Waals surface area contributed by atoms with Crippen molar-refractivity contribution in [2.75, 3.05) is 0 Å². The first-order valence-corrected chi connectivity index (χ1v) is 7.87. The lowest BCUT2D eigenvalue weighted by molar-refractivity contribution is 0.304. The molecule has 110 valence electrons. The third-order valence-corrected chi connectivity index (χ3v) is 4.26. The molecule has 2 aromatic carbocycles. The van der Waals surface area contributed by atoms with Gasteiger partial charge in [0.05, 0.1) is 0 Å². The number of aryl methyl sites for hydroxylation is 1. The van der Waals surface area contributed by atoms with E-state index in [1.807, 2.05) is 12.1 Å². The molecule has 3 rings (SSSR count). The molecule has 0 fully saturated rings. The molecule has 0 bridgehead atoms. The highest BCUT2D eigenvalue weighted by molar-refractivity contribution is 9.10. The maximum Gasteiger partial charge on any atom is 0.124 e. The van der Waals surface area contributed by atoms with Crippen LogP contribution in [0.2, 0.25) is 0 Å². The Morgan fingerprint density at radius 2 is 2.10 bits per heavy atom. The van der Waals surface area contributed by atoms with Crippen LogP contribution in [0.1, 0.15) is 35.6 Å². The van der Waals surface area contributed by atoms with E-state index in [0.717, 1.165) is 35.0 Å². The van der Waals surface area contributed by atoms with Crippen LogP contribution in [-0.2, 0) is 13.0 Å². The van der Waals surface area contributed by atoms with Gasteiger partial charge in [-0.05, 0) is 66.3 Å². The topological polar surface area (TPSA) is 35.2 Å². The van der Waals surface area contributed by atoms with Crippen LogP contribution in [0.4, 0.5) is 4.39 Å². The number of halogens is 2. The monoisotopic (exact) mass is 349 g/mol. The summed E-state index contributed by atoms with van der Waals surface area (Å²) >= 11 is 3.29. The van der Waals surface area contributed by atoms with Gasteiger partial charge in [0.1, 0.15) is 18.2 Å². The third kappa shape index (κ3) is 3.44. The van der Waals surface area contributed by atoms with Crippen molar-refractivity contribution in [3.05, 3.63) is 63.4 Å². The zero-order valence-corrected chi connectivity index (χ0v) is 13.2. The lowest BCUT2D eigenvalue weighted by Gasteiger charge is -2.22. The molecule has 21 heavy (non-hydrogen) atoms. The molecule has 0 aromatic heterocycles. The van der Waals surface area contributed by atoms with E-state index in [-0.39, 0.29) is 11.9 Å². The molecule has 2 N–H and O–H groups in total. The Labute approximate surface area is 132 Å². The van der Waals surface area contributed by atoms with Gasteiger partial charge in [-0.25, -0.2) is 4.39 Å². The van der Waals surface area contributed by atoms with Crippen molar-refractivity contribution in [3.8, 4) is 5.75 Å². The van der Waals surface area contributed by atoms with Crippen molar-refractivity contribution in [2.45, 2.75) is 31.9 Å². The first kappa shape index (κ1) is 14.5. The number of fused-ring (bicyclic) bond motifs is 1. The zero-order chi connectivity index (χ0) is 14.8. The van der Waals surface area contributed by atoms with Gasteiger partial charge in [0, 0.05) is 10.5 Å². The third-order valence-electron chi connectivity index (χ3n) is 3.80. The minimum atomic E-state index is -0.264. The second-order valence-corrected chi connectivity index (χ2v) is 6.34. The largest absolute Gasteiger partial charge is 0.489 e. The van der Waals surface area contributed by atoms with Crippen LogP contribution in [0, 0.1) is 5.82 Å². The summed E-state index contributed by atoms with van der Waals surface area (Å²) in [6, 6.07) is 11.0. The summed E-state index contributed by atoms with van der Waals surface area (Å²) in [5.41, 5.74) is 9.40. The molecule has 0 radical (unpaired) electrons. The smallest absolute Gasteiger partial charge is 0.124 e. The standard InChI is InChI=1S/C17H17BrFNO/c18-13-6-11(7-14(19)9-13)10-21-15-4-5-16-12(8-15)2-1-3-17(16)20/h4-9,17H,1-3,10,20H2. The van der Waals surface area contributed by atoms with Crippen LogP contribution in [0.5, 0.6) is 5.75 Å². The molecule has 2 nitrogen and oxygen atoms in total. The maximum atomic E-state index is 13.3. The Bertz CT molecular complexity index is 639. The van der Waals surface area contributed by atoms with Gasteiger partial charge >= 0.3 is 0 Å². The highest BCUT2D eigenvalue weighted by Crippen LogP contribution is 2.31. The van der Waals surface area contributed by atoms with Crippen molar-refractivity contribution in [1.29, 1.82) is 0 Å². The minimum absolute atomic E-state index is 0.141. The average molecular weight is 350 g/mol. The number of hydrogen-bond donors (Lipinski definition) is 1. The number of rotatable bonds is 3. The van der Waals surface area contributed by atoms with Crippen LogP contribution >= 0.6 is 15.9 Å². The summed E-state index contributed by atoms with van der Waals surface area (Å²) in [6.07, 6.45) is 3.21. The fourth-order valence-electron chi connectivity index (χ4n) is 2.78. The summed E-state index contributed by atoms with van der Waals surface area (Å²) in [5.74, 6) is 0.544. The second-order valence-electron chi connectivity index (χ2n) is 5.43. The fourth-order valence-corrected chi connectivity index (χ4v) is 3.29. The van der Waals surface area contributed by atoms with Crippen LogP contribution in [-0.4, -0.2) is 0 Å². The molecule has 1 atom stereocenters. The predicted octanol–water partition coefficient (Wildman–Crippen LogP) is 4.50. The van der Waals surface area contributed by atoms with Gasteiger partial charge in [-0.2, -0.15) is 0 Å². The van der Waals surface area contributed by atoms with Crippen molar-refractivity contribution < 1.29 is 9.13 Å². The Balaban J connectivity index is 1.73. The molecule has 0 amide bonds. The molecule has 0 spiro atoms. The quantitative estimate of drug-likeness (QED) is 0.884. The SMILES string of the molecule is NC1CCCc2cc(OCc3cc(F)cc(Br)c3)ccc21.